The fourth-order valence-electron chi connectivity index (χ4n) is 1.59. The number of pyridine rings is 1. The Hall–Kier alpha value is -2.71. The van der Waals surface area contributed by atoms with Gasteiger partial charge >= 0.3 is 6.61 Å². The topological polar surface area (TPSA) is 77.0 Å². The van der Waals surface area contributed by atoms with Crippen LogP contribution in [0.15, 0.2) is 24.8 Å². The summed E-state index contributed by atoms with van der Waals surface area (Å²) in [7, 11) is 0. The molecule has 22 heavy (non-hydrogen) atoms. The number of hydrogen-bond acceptors (Lipinski definition) is 5. The SMILES string of the molecule is Cc1ncncc1CNC(=O)c1cnc(OC(F)F)c(F)c1. The van der Waals surface area contributed by atoms with Crippen LogP contribution >= 0.6 is 0 Å². The summed E-state index contributed by atoms with van der Waals surface area (Å²) in [6.07, 6.45) is 3.87. The van der Waals surface area contributed by atoms with Gasteiger partial charge in [-0.1, -0.05) is 0 Å². The number of rotatable bonds is 5. The van der Waals surface area contributed by atoms with Crippen molar-refractivity contribution in [3.8, 4) is 5.88 Å². The number of hydrogen-bond donors (Lipinski definition) is 1. The molecule has 0 aliphatic heterocycles. The fourth-order valence-corrected chi connectivity index (χ4v) is 1.59. The number of alkyl halides is 2. The van der Waals surface area contributed by atoms with Crippen molar-refractivity contribution in [2.45, 2.75) is 20.1 Å². The number of aryl methyl sites for hydroxylation is 1. The summed E-state index contributed by atoms with van der Waals surface area (Å²) in [5, 5.41) is 2.53. The smallest absolute Gasteiger partial charge is 0.388 e. The molecule has 0 unspecified atom stereocenters. The number of nitrogens with zero attached hydrogens (tertiary/aromatic N) is 3. The molecule has 9 heteroatoms. The van der Waals surface area contributed by atoms with E-state index in [1.807, 2.05) is 0 Å². The van der Waals surface area contributed by atoms with Gasteiger partial charge in [0.25, 0.3) is 11.8 Å². The summed E-state index contributed by atoms with van der Waals surface area (Å²) in [6.45, 7) is -1.30. The molecule has 0 saturated carbocycles. The summed E-state index contributed by atoms with van der Waals surface area (Å²) in [5.41, 5.74) is 1.27. The monoisotopic (exact) mass is 312 g/mol. The van der Waals surface area contributed by atoms with Crippen molar-refractivity contribution >= 4 is 5.91 Å². The highest BCUT2D eigenvalue weighted by atomic mass is 19.3. The lowest BCUT2D eigenvalue weighted by Gasteiger charge is -2.08. The Bertz CT molecular complexity index is 682. The van der Waals surface area contributed by atoms with E-state index in [9.17, 15) is 18.0 Å². The van der Waals surface area contributed by atoms with Crippen LogP contribution in [-0.2, 0) is 6.54 Å². The van der Waals surface area contributed by atoms with Crippen LogP contribution in [0.2, 0.25) is 0 Å². The van der Waals surface area contributed by atoms with Crippen LogP contribution in [-0.4, -0.2) is 27.5 Å². The first-order valence-corrected chi connectivity index (χ1v) is 6.11. The van der Waals surface area contributed by atoms with Crippen LogP contribution in [0.4, 0.5) is 13.2 Å². The molecule has 0 aliphatic carbocycles. The van der Waals surface area contributed by atoms with Gasteiger partial charge in [0.2, 0.25) is 0 Å². The fraction of sp³-hybridized carbons (Fsp3) is 0.231. The van der Waals surface area contributed by atoms with Crippen molar-refractivity contribution in [2.75, 3.05) is 0 Å². The maximum atomic E-state index is 13.5. The molecule has 0 aromatic carbocycles. The standard InChI is InChI=1S/C13H11F3N4O2/c1-7-9(3-17-6-20-7)5-18-11(21)8-2-10(14)12(19-4-8)22-13(15)16/h2-4,6,13H,5H2,1H3,(H,18,21). The number of ether oxygens (including phenoxy) is 1. The Kier molecular flexibility index (Phi) is 4.87. The quantitative estimate of drug-likeness (QED) is 0.912. The molecule has 2 rings (SSSR count). The molecule has 2 aromatic rings. The van der Waals surface area contributed by atoms with Crippen LogP contribution in [0.5, 0.6) is 5.88 Å². The summed E-state index contributed by atoms with van der Waals surface area (Å²) in [6, 6.07) is 0.772. The van der Waals surface area contributed by atoms with Crippen molar-refractivity contribution in [1.82, 2.24) is 20.3 Å². The molecule has 2 aromatic heterocycles. The predicted molar refractivity (Wildman–Crippen MR) is 68.8 cm³/mol. The molecule has 0 aliphatic rings. The second-order valence-corrected chi connectivity index (χ2v) is 4.21. The largest absolute Gasteiger partial charge is 0.414 e. The van der Waals surface area contributed by atoms with Gasteiger partial charge in [0.15, 0.2) is 5.82 Å². The molecule has 6 nitrogen and oxygen atoms in total. The zero-order valence-electron chi connectivity index (χ0n) is 11.4. The van der Waals surface area contributed by atoms with Crippen molar-refractivity contribution in [3.63, 3.8) is 0 Å². The first kappa shape index (κ1) is 15.7. The summed E-state index contributed by atoms with van der Waals surface area (Å²) in [4.78, 5) is 23.0. The minimum atomic E-state index is -3.19. The second kappa shape index (κ2) is 6.83. The lowest BCUT2D eigenvalue weighted by Crippen LogP contribution is -2.24. The van der Waals surface area contributed by atoms with E-state index in [1.54, 1.807) is 13.1 Å². The predicted octanol–water partition coefficient (Wildman–Crippen LogP) is 1.85. The minimum absolute atomic E-state index is 0.117. The molecule has 0 radical (unpaired) electrons. The number of carbonyl (C=O) groups is 1. The summed E-state index contributed by atoms with van der Waals surface area (Å²) >= 11 is 0. The highest BCUT2D eigenvalue weighted by molar-refractivity contribution is 5.93. The summed E-state index contributed by atoms with van der Waals surface area (Å²) < 4.78 is 41.3. The maximum Gasteiger partial charge on any atom is 0.388 e. The van der Waals surface area contributed by atoms with Gasteiger partial charge in [0.1, 0.15) is 6.33 Å². The first-order chi connectivity index (χ1) is 10.5. The molecule has 2 heterocycles. The van der Waals surface area contributed by atoms with Crippen molar-refractivity contribution in [3.05, 3.63) is 47.4 Å². The van der Waals surface area contributed by atoms with Gasteiger partial charge in [-0.25, -0.2) is 19.3 Å². The van der Waals surface area contributed by atoms with Crippen LogP contribution in [0.3, 0.4) is 0 Å². The Morgan fingerprint density at radius 2 is 2.14 bits per heavy atom. The number of nitrogens with one attached hydrogen (secondary N) is 1. The maximum absolute atomic E-state index is 13.5. The number of aromatic nitrogens is 3. The molecule has 0 fully saturated rings. The molecule has 0 atom stereocenters. The molecular formula is C13H11F3N4O2. The number of carbonyl (C=O) groups excluding carboxylic acids is 1. The van der Waals surface area contributed by atoms with Gasteiger partial charge in [-0.2, -0.15) is 8.78 Å². The summed E-state index contributed by atoms with van der Waals surface area (Å²) in [5.74, 6) is -2.62. The number of halogens is 3. The van der Waals surface area contributed by atoms with E-state index in [4.69, 9.17) is 0 Å². The van der Waals surface area contributed by atoms with E-state index in [1.165, 1.54) is 6.33 Å². The van der Waals surface area contributed by atoms with Crippen LogP contribution in [0, 0.1) is 12.7 Å². The molecule has 0 bridgehead atoms. The minimum Gasteiger partial charge on any atom is -0.414 e. The zero-order valence-corrected chi connectivity index (χ0v) is 11.4. The highest BCUT2D eigenvalue weighted by Gasteiger charge is 2.15. The molecule has 1 amide bonds. The lowest BCUT2D eigenvalue weighted by atomic mass is 10.2. The molecule has 0 saturated heterocycles. The van der Waals surface area contributed by atoms with Gasteiger partial charge in [-0.05, 0) is 13.0 Å². The average molecular weight is 312 g/mol. The third kappa shape index (κ3) is 3.90. The molecule has 1 N–H and O–H groups in total. The third-order valence-electron chi connectivity index (χ3n) is 2.72. The highest BCUT2D eigenvalue weighted by Crippen LogP contribution is 2.17. The Morgan fingerprint density at radius 1 is 1.36 bits per heavy atom. The van der Waals surface area contributed by atoms with Crippen molar-refractivity contribution in [1.29, 1.82) is 0 Å². The third-order valence-corrected chi connectivity index (χ3v) is 2.72. The Labute approximate surface area is 123 Å². The van der Waals surface area contributed by atoms with Crippen LogP contribution in [0.1, 0.15) is 21.6 Å². The van der Waals surface area contributed by atoms with Crippen molar-refractivity contribution < 1.29 is 22.7 Å². The van der Waals surface area contributed by atoms with E-state index >= 15 is 0 Å². The van der Waals surface area contributed by atoms with Gasteiger partial charge in [0, 0.05) is 30.2 Å². The zero-order chi connectivity index (χ0) is 16.1. The molecular weight excluding hydrogens is 301 g/mol. The Balaban J connectivity index is 2.04. The van der Waals surface area contributed by atoms with Gasteiger partial charge in [-0.3, -0.25) is 4.79 Å². The lowest BCUT2D eigenvalue weighted by molar-refractivity contribution is -0.0553. The van der Waals surface area contributed by atoms with Crippen LogP contribution in [0.25, 0.3) is 0 Å². The first-order valence-electron chi connectivity index (χ1n) is 6.11. The van der Waals surface area contributed by atoms with Crippen LogP contribution < -0.4 is 10.1 Å². The van der Waals surface area contributed by atoms with Gasteiger partial charge in [0.05, 0.1) is 5.56 Å². The van der Waals surface area contributed by atoms with E-state index in [-0.39, 0.29) is 12.1 Å². The van der Waals surface area contributed by atoms with E-state index < -0.39 is 24.2 Å². The normalized spacial score (nSPS) is 10.6. The van der Waals surface area contributed by atoms with Crippen molar-refractivity contribution in [2.24, 2.45) is 0 Å². The number of amides is 1. The van der Waals surface area contributed by atoms with E-state index in [2.05, 4.69) is 25.0 Å². The Morgan fingerprint density at radius 3 is 2.77 bits per heavy atom. The molecule has 0 spiro atoms. The second-order valence-electron chi connectivity index (χ2n) is 4.21. The molecule has 116 valence electrons. The van der Waals surface area contributed by atoms with Gasteiger partial charge < -0.3 is 10.1 Å². The van der Waals surface area contributed by atoms with E-state index in [0.717, 1.165) is 12.3 Å². The van der Waals surface area contributed by atoms with E-state index in [0.29, 0.717) is 11.3 Å². The average Bonchev–Trinajstić information content (AvgIpc) is 2.48. The van der Waals surface area contributed by atoms with Gasteiger partial charge in [-0.15, -0.1) is 0 Å².